The summed E-state index contributed by atoms with van der Waals surface area (Å²) in [5.41, 5.74) is 0. The molecule has 3 atom stereocenters. The second kappa shape index (κ2) is 10.3. The van der Waals surface area contributed by atoms with Crippen LogP contribution >= 0.6 is 0 Å². The molecule has 0 radical (unpaired) electrons. The van der Waals surface area contributed by atoms with Gasteiger partial charge >= 0.3 is 0 Å². The molecule has 0 saturated heterocycles. The fourth-order valence-electron chi connectivity index (χ4n) is 3.94. The summed E-state index contributed by atoms with van der Waals surface area (Å²) in [5.74, 6) is 2.41. The fourth-order valence-corrected chi connectivity index (χ4v) is 3.94. The molecule has 0 aromatic heterocycles. The Labute approximate surface area is 138 Å². The number of hydrogen-bond acceptors (Lipinski definition) is 2. The highest BCUT2D eigenvalue weighted by atomic mass is 16.1. The van der Waals surface area contributed by atoms with E-state index in [2.05, 4.69) is 44.8 Å². The first-order valence-electron chi connectivity index (χ1n) is 9.49. The summed E-state index contributed by atoms with van der Waals surface area (Å²) in [7, 11) is 0. The summed E-state index contributed by atoms with van der Waals surface area (Å²) < 4.78 is 0. The molecule has 0 aromatic carbocycles. The maximum Gasteiger partial charge on any atom is 0.223 e. The van der Waals surface area contributed by atoms with E-state index in [0.29, 0.717) is 23.7 Å². The van der Waals surface area contributed by atoms with Crippen LogP contribution in [0.25, 0.3) is 0 Å². The van der Waals surface area contributed by atoms with Gasteiger partial charge in [-0.1, -0.05) is 41.0 Å². The third kappa shape index (κ3) is 6.28. The second-order valence-electron chi connectivity index (χ2n) is 7.57. The highest BCUT2D eigenvalue weighted by molar-refractivity contribution is 5.79. The fraction of sp³-hybridized carbons (Fsp3) is 0.947. The van der Waals surface area contributed by atoms with Crippen molar-refractivity contribution in [2.24, 2.45) is 23.7 Å². The molecule has 0 heterocycles. The normalized spacial score (nSPS) is 25.7. The van der Waals surface area contributed by atoms with Gasteiger partial charge in [0.1, 0.15) is 0 Å². The van der Waals surface area contributed by atoms with E-state index in [1.54, 1.807) is 0 Å². The standard InChI is InChI=1S/C19H38N2O/c1-6-11-21(12-7-2)13-10-20-19(22)18-14-16(5)8-9-17(18)15(3)4/h15-18H,6-14H2,1-5H3,(H,20,22)/t16-,17+,18-/m1/s1. The minimum absolute atomic E-state index is 0.231. The molecule has 1 aliphatic carbocycles. The minimum atomic E-state index is 0.231. The van der Waals surface area contributed by atoms with Crippen LogP contribution in [0, 0.1) is 23.7 Å². The number of nitrogens with zero attached hydrogens (tertiary/aromatic N) is 1. The Morgan fingerprint density at radius 2 is 1.77 bits per heavy atom. The van der Waals surface area contributed by atoms with Crippen molar-refractivity contribution in [1.29, 1.82) is 0 Å². The van der Waals surface area contributed by atoms with Crippen molar-refractivity contribution in [1.82, 2.24) is 10.2 Å². The predicted octanol–water partition coefficient (Wildman–Crippen LogP) is 3.93. The van der Waals surface area contributed by atoms with E-state index < -0.39 is 0 Å². The average Bonchev–Trinajstić information content (AvgIpc) is 2.47. The number of carbonyl (C=O) groups is 1. The second-order valence-corrected chi connectivity index (χ2v) is 7.57. The summed E-state index contributed by atoms with van der Waals surface area (Å²) in [6, 6.07) is 0. The van der Waals surface area contributed by atoms with Crippen LogP contribution in [0.3, 0.4) is 0 Å². The van der Waals surface area contributed by atoms with Crippen LogP contribution < -0.4 is 5.32 Å². The van der Waals surface area contributed by atoms with Gasteiger partial charge in [0.05, 0.1) is 0 Å². The molecule has 22 heavy (non-hydrogen) atoms. The van der Waals surface area contributed by atoms with Crippen molar-refractivity contribution >= 4 is 5.91 Å². The molecular weight excluding hydrogens is 272 g/mol. The lowest BCUT2D eigenvalue weighted by molar-refractivity contribution is -0.129. The number of rotatable bonds is 9. The first-order valence-corrected chi connectivity index (χ1v) is 9.49. The maximum atomic E-state index is 12.6. The van der Waals surface area contributed by atoms with Gasteiger partial charge in [0.15, 0.2) is 0 Å². The Kier molecular flexibility index (Phi) is 9.08. The van der Waals surface area contributed by atoms with Crippen molar-refractivity contribution in [3.8, 4) is 0 Å². The average molecular weight is 311 g/mol. The highest BCUT2D eigenvalue weighted by Crippen LogP contribution is 2.37. The molecule has 1 amide bonds. The Bertz CT molecular complexity index is 311. The van der Waals surface area contributed by atoms with Crippen molar-refractivity contribution in [3.05, 3.63) is 0 Å². The third-order valence-corrected chi connectivity index (χ3v) is 5.17. The monoisotopic (exact) mass is 310 g/mol. The van der Waals surface area contributed by atoms with Crippen LogP contribution in [-0.2, 0) is 4.79 Å². The molecule has 0 unspecified atom stereocenters. The number of nitrogens with one attached hydrogen (secondary N) is 1. The largest absolute Gasteiger partial charge is 0.355 e. The van der Waals surface area contributed by atoms with Crippen LogP contribution in [0.2, 0.25) is 0 Å². The first kappa shape index (κ1) is 19.5. The highest BCUT2D eigenvalue weighted by Gasteiger charge is 2.35. The van der Waals surface area contributed by atoms with Gasteiger partial charge in [0.25, 0.3) is 0 Å². The van der Waals surface area contributed by atoms with Gasteiger partial charge in [-0.05, 0) is 56.5 Å². The third-order valence-electron chi connectivity index (χ3n) is 5.17. The van der Waals surface area contributed by atoms with Gasteiger partial charge in [-0.25, -0.2) is 0 Å². The van der Waals surface area contributed by atoms with E-state index in [0.717, 1.165) is 32.6 Å². The lowest BCUT2D eigenvalue weighted by Crippen LogP contribution is -2.43. The van der Waals surface area contributed by atoms with Crippen LogP contribution in [-0.4, -0.2) is 37.0 Å². The van der Waals surface area contributed by atoms with E-state index in [4.69, 9.17) is 0 Å². The van der Waals surface area contributed by atoms with Crippen LogP contribution in [0.1, 0.15) is 66.7 Å². The molecule has 0 aliphatic heterocycles. The van der Waals surface area contributed by atoms with E-state index in [9.17, 15) is 4.79 Å². The van der Waals surface area contributed by atoms with E-state index >= 15 is 0 Å². The zero-order chi connectivity index (χ0) is 16.5. The summed E-state index contributed by atoms with van der Waals surface area (Å²) in [6.45, 7) is 15.3. The molecular formula is C19H38N2O. The van der Waals surface area contributed by atoms with Crippen molar-refractivity contribution in [3.63, 3.8) is 0 Å². The molecule has 1 aliphatic rings. The predicted molar refractivity (Wildman–Crippen MR) is 94.9 cm³/mol. The number of amides is 1. The molecule has 130 valence electrons. The van der Waals surface area contributed by atoms with Crippen LogP contribution in [0.4, 0.5) is 0 Å². The first-order chi connectivity index (χ1) is 10.5. The quantitative estimate of drug-likeness (QED) is 0.700. The molecule has 1 rings (SSSR count). The van der Waals surface area contributed by atoms with Gasteiger partial charge in [-0.2, -0.15) is 0 Å². The Morgan fingerprint density at radius 3 is 2.32 bits per heavy atom. The van der Waals surface area contributed by atoms with Crippen molar-refractivity contribution in [2.75, 3.05) is 26.2 Å². The van der Waals surface area contributed by atoms with Gasteiger partial charge in [-0.3, -0.25) is 4.79 Å². The van der Waals surface area contributed by atoms with Gasteiger partial charge in [-0.15, -0.1) is 0 Å². The smallest absolute Gasteiger partial charge is 0.223 e. The molecule has 0 spiro atoms. The van der Waals surface area contributed by atoms with Crippen LogP contribution in [0.5, 0.6) is 0 Å². The van der Waals surface area contributed by atoms with Gasteiger partial charge < -0.3 is 10.2 Å². The van der Waals surface area contributed by atoms with Crippen LogP contribution in [0.15, 0.2) is 0 Å². The lowest BCUT2D eigenvalue weighted by atomic mass is 9.70. The zero-order valence-electron chi connectivity index (χ0n) is 15.5. The van der Waals surface area contributed by atoms with Gasteiger partial charge in [0, 0.05) is 19.0 Å². The van der Waals surface area contributed by atoms with Crippen molar-refractivity contribution < 1.29 is 4.79 Å². The van der Waals surface area contributed by atoms with Gasteiger partial charge in [0.2, 0.25) is 5.91 Å². The molecule has 1 saturated carbocycles. The molecule has 1 fully saturated rings. The minimum Gasteiger partial charge on any atom is -0.355 e. The SMILES string of the molecule is CCCN(CCC)CCNC(=O)[C@@H]1C[C@H](C)CC[C@H]1C(C)C. The Morgan fingerprint density at radius 1 is 1.14 bits per heavy atom. The van der Waals surface area contributed by atoms with E-state index in [-0.39, 0.29) is 5.92 Å². The Balaban J connectivity index is 2.44. The number of carbonyl (C=O) groups excluding carboxylic acids is 1. The summed E-state index contributed by atoms with van der Waals surface area (Å²) in [5, 5.41) is 3.22. The molecule has 0 aromatic rings. The lowest BCUT2D eigenvalue weighted by Gasteiger charge is -2.36. The Hall–Kier alpha value is -0.570. The maximum absolute atomic E-state index is 12.6. The van der Waals surface area contributed by atoms with E-state index in [1.165, 1.54) is 25.7 Å². The number of hydrogen-bond donors (Lipinski definition) is 1. The topological polar surface area (TPSA) is 32.3 Å². The molecule has 1 N–H and O–H groups in total. The summed E-state index contributed by atoms with van der Waals surface area (Å²) >= 11 is 0. The zero-order valence-corrected chi connectivity index (χ0v) is 15.5. The molecule has 3 heteroatoms. The van der Waals surface area contributed by atoms with Crippen molar-refractivity contribution in [2.45, 2.75) is 66.7 Å². The summed E-state index contributed by atoms with van der Waals surface area (Å²) in [6.07, 6.45) is 5.94. The molecule has 3 nitrogen and oxygen atoms in total. The molecule has 0 bridgehead atoms. The summed E-state index contributed by atoms with van der Waals surface area (Å²) in [4.78, 5) is 15.1. The van der Waals surface area contributed by atoms with E-state index in [1.807, 2.05) is 0 Å².